The summed E-state index contributed by atoms with van der Waals surface area (Å²) in [5, 5.41) is 5.41. The summed E-state index contributed by atoms with van der Waals surface area (Å²) in [6.07, 6.45) is 1.43. The third-order valence-corrected chi connectivity index (χ3v) is 5.67. The van der Waals surface area contributed by atoms with Crippen molar-refractivity contribution in [2.24, 2.45) is 13.0 Å². The number of aryl methyl sites for hydroxylation is 1. The highest BCUT2D eigenvalue weighted by molar-refractivity contribution is 7.16. The van der Waals surface area contributed by atoms with Gasteiger partial charge in [0.15, 0.2) is 0 Å². The summed E-state index contributed by atoms with van der Waals surface area (Å²) in [6.45, 7) is 4.00. The second-order valence-electron chi connectivity index (χ2n) is 7.12. The van der Waals surface area contributed by atoms with E-state index >= 15 is 0 Å². The number of benzene rings is 1. The summed E-state index contributed by atoms with van der Waals surface area (Å²) in [5.74, 6) is 0.682. The lowest BCUT2D eigenvalue weighted by molar-refractivity contribution is -0.122. The topological polar surface area (TPSA) is 81.8 Å². The lowest BCUT2D eigenvalue weighted by atomic mass is 10.0. The maximum absolute atomic E-state index is 12.7. The quantitative estimate of drug-likeness (QED) is 0.563. The number of fused-ring (bicyclic) bond motifs is 2. The minimum absolute atomic E-state index is 0.0786. The zero-order valence-electron chi connectivity index (χ0n) is 15.9. The Morgan fingerprint density at radius 3 is 2.79 bits per heavy atom. The van der Waals surface area contributed by atoms with Gasteiger partial charge in [0.25, 0.3) is 5.56 Å². The second-order valence-corrected chi connectivity index (χ2v) is 8.02. The fourth-order valence-electron chi connectivity index (χ4n) is 3.35. The highest BCUT2D eigenvalue weighted by atomic mass is 32.1. The number of amides is 1. The van der Waals surface area contributed by atoms with Crippen molar-refractivity contribution in [3.63, 3.8) is 0 Å². The van der Waals surface area contributed by atoms with Crippen LogP contribution in [0.25, 0.3) is 21.3 Å². The lowest BCUT2D eigenvalue weighted by Gasteiger charge is -2.22. The molecule has 1 aromatic carbocycles. The van der Waals surface area contributed by atoms with Gasteiger partial charge in [-0.1, -0.05) is 26.0 Å². The molecule has 0 saturated heterocycles. The fourth-order valence-corrected chi connectivity index (χ4v) is 4.07. The molecule has 0 aliphatic carbocycles. The van der Waals surface area contributed by atoms with Crippen molar-refractivity contribution < 1.29 is 4.79 Å². The van der Waals surface area contributed by atoms with Crippen LogP contribution < -0.4 is 10.9 Å². The Hall–Kier alpha value is -3.00. The second kappa shape index (κ2) is 7.20. The van der Waals surface area contributed by atoms with Crippen molar-refractivity contribution in [1.82, 2.24) is 24.4 Å². The molecule has 0 fully saturated rings. The summed E-state index contributed by atoms with van der Waals surface area (Å²) in [5.41, 5.74) is 1.70. The van der Waals surface area contributed by atoms with Gasteiger partial charge in [-0.3, -0.25) is 14.2 Å². The van der Waals surface area contributed by atoms with Crippen molar-refractivity contribution in [3.05, 3.63) is 58.2 Å². The van der Waals surface area contributed by atoms with Crippen molar-refractivity contribution in [2.45, 2.75) is 26.4 Å². The first-order valence-corrected chi connectivity index (χ1v) is 9.97. The SMILES string of the molecule is CC(C)[C@@H](NC(=O)Cn1cnc2sccc2c1=O)c1nc2ccccc2n1C. The Morgan fingerprint density at radius 2 is 2.04 bits per heavy atom. The van der Waals surface area contributed by atoms with E-state index in [9.17, 15) is 9.59 Å². The normalized spacial score (nSPS) is 12.7. The van der Waals surface area contributed by atoms with Gasteiger partial charge in [0.2, 0.25) is 5.91 Å². The smallest absolute Gasteiger partial charge is 0.262 e. The number of aromatic nitrogens is 4. The Morgan fingerprint density at radius 1 is 1.25 bits per heavy atom. The number of hydrogen-bond acceptors (Lipinski definition) is 5. The first-order valence-electron chi connectivity index (χ1n) is 9.09. The lowest BCUT2D eigenvalue weighted by Crippen LogP contribution is -2.37. The number of nitrogens with one attached hydrogen (secondary N) is 1. The molecule has 4 rings (SSSR count). The number of carbonyl (C=O) groups excluding carboxylic acids is 1. The Kier molecular flexibility index (Phi) is 4.72. The first-order chi connectivity index (χ1) is 13.5. The van der Waals surface area contributed by atoms with Gasteiger partial charge in [0, 0.05) is 7.05 Å². The summed E-state index contributed by atoms with van der Waals surface area (Å²) in [6, 6.07) is 9.35. The van der Waals surface area contributed by atoms with E-state index in [-0.39, 0.29) is 30.0 Å². The number of rotatable bonds is 5. The molecule has 144 valence electrons. The van der Waals surface area contributed by atoms with E-state index in [4.69, 9.17) is 4.98 Å². The Labute approximate surface area is 165 Å². The van der Waals surface area contributed by atoms with Crippen LogP contribution in [0.15, 0.2) is 46.8 Å². The monoisotopic (exact) mass is 395 g/mol. The summed E-state index contributed by atoms with van der Waals surface area (Å²) >= 11 is 1.41. The maximum Gasteiger partial charge on any atom is 0.262 e. The molecule has 1 N–H and O–H groups in total. The molecular formula is C20H21N5O2S. The molecule has 3 aromatic heterocycles. The Bertz CT molecular complexity index is 1220. The van der Waals surface area contributed by atoms with E-state index in [0.717, 1.165) is 16.9 Å². The molecule has 28 heavy (non-hydrogen) atoms. The number of nitrogens with zero attached hydrogens (tertiary/aromatic N) is 4. The average molecular weight is 395 g/mol. The molecule has 3 heterocycles. The van der Waals surface area contributed by atoms with Gasteiger partial charge in [-0.05, 0) is 29.5 Å². The van der Waals surface area contributed by atoms with Crippen LogP contribution in [0.3, 0.4) is 0 Å². The van der Waals surface area contributed by atoms with Crippen molar-refractivity contribution >= 4 is 38.5 Å². The molecule has 7 nitrogen and oxygen atoms in total. The minimum Gasteiger partial charge on any atom is -0.344 e. The van der Waals surface area contributed by atoms with Gasteiger partial charge in [0.05, 0.1) is 28.8 Å². The molecule has 0 aliphatic rings. The number of thiophene rings is 1. The molecule has 0 unspecified atom stereocenters. The third-order valence-electron chi connectivity index (χ3n) is 4.85. The maximum atomic E-state index is 12.7. The molecule has 1 atom stereocenters. The molecule has 4 aromatic rings. The van der Waals surface area contributed by atoms with E-state index in [1.807, 2.05) is 55.1 Å². The number of imidazole rings is 1. The minimum atomic E-state index is -0.265. The zero-order chi connectivity index (χ0) is 19.8. The van der Waals surface area contributed by atoms with Crippen LogP contribution in [-0.2, 0) is 18.4 Å². The number of para-hydroxylation sites is 2. The van der Waals surface area contributed by atoms with Crippen molar-refractivity contribution in [1.29, 1.82) is 0 Å². The van der Waals surface area contributed by atoms with Crippen LogP contribution in [0.2, 0.25) is 0 Å². The predicted octanol–water partition coefficient (Wildman–Crippen LogP) is 2.86. The molecular weight excluding hydrogens is 374 g/mol. The molecule has 0 aliphatic heterocycles. The van der Waals surface area contributed by atoms with Crippen LogP contribution in [0.1, 0.15) is 25.7 Å². The van der Waals surface area contributed by atoms with E-state index < -0.39 is 0 Å². The molecule has 0 radical (unpaired) electrons. The van der Waals surface area contributed by atoms with Crippen LogP contribution in [0.4, 0.5) is 0 Å². The van der Waals surface area contributed by atoms with Crippen LogP contribution in [0, 0.1) is 5.92 Å². The fraction of sp³-hybridized carbons (Fsp3) is 0.300. The zero-order valence-corrected chi connectivity index (χ0v) is 16.7. The van der Waals surface area contributed by atoms with Gasteiger partial charge < -0.3 is 9.88 Å². The van der Waals surface area contributed by atoms with Gasteiger partial charge in [0.1, 0.15) is 17.2 Å². The first kappa shape index (κ1) is 18.4. The van der Waals surface area contributed by atoms with Gasteiger partial charge in [-0.15, -0.1) is 11.3 Å². The van der Waals surface area contributed by atoms with Gasteiger partial charge >= 0.3 is 0 Å². The van der Waals surface area contributed by atoms with Crippen LogP contribution >= 0.6 is 11.3 Å². The van der Waals surface area contributed by atoms with Crippen molar-refractivity contribution in [3.8, 4) is 0 Å². The predicted molar refractivity (Wildman–Crippen MR) is 110 cm³/mol. The van der Waals surface area contributed by atoms with Gasteiger partial charge in [-0.25, -0.2) is 9.97 Å². The number of hydrogen-bond donors (Lipinski definition) is 1. The molecule has 0 saturated carbocycles. The highest BCUT2D eigenvalue weighted by Crippen LogP contribution is 2.24. The van der Waals surface area contributed by atoms with E-state index in [2.05, 4.69) is 10.3 Å². The third kappa shape index (κ3) is 3.20. The standard InChI is InChI=1S/C20H21N5O2S/c1-12(2)17(18-22-14-6-4-5-7-15(14)24(18)3)23-16(26)10-25-11-21-19-13(20(25)27)8-9-28-19/h4-9,11-12,17H,10H2,1-3H3,(H,23,26)/t17-/m1/s1. The van der Waals surface area contributed by atoms with E-state index in [1.165, 1.54) is 22.2 Å². The molecule has 1 amide bonds. The van der Waals surface area contributed by atoms with Gasteiger partial charge in [-0.2, -0.15) is 0 Å². The average Bonchev–Trinajstić information content (AvgIpc) is 3.27. The summed E-state index contributed by atoms with van der Waals surface area (Å²) in [4.78, 5) is 34.9. The van der Waals surface area contributed by atoms with Crippen LogP contribution in [-0.4, -0.2) is 25.0 Å². The highest BCUT2D eigenvalue weighted by Gasteiger charge is 2.24. The number of carbonyl (C=O) groups is 1. The Balaban J connectivity index is 1.60. The summed E-state index contributed by atoms with van der Waals surface area (Å²) < 4.78 is 3.35. The van der Waals surface area contributed by atoms with Crippen molar-refractivity contribution in [2.75, 3.05) is 0 Å². The van der Waals surface area contributed by atoms with E-state index in [1.54, 1.807) is 6.07 Å². The molecule has 0 bridgehead atoms. The van der Waals surface area contributed by atoms with E-state index in [0.29, 0.717) is 10.2 Å². The molecule has 8 heteroatoms. The van der Waals surface area contributed by atoms with Crippen LogP contribution in [0.5, 0.6) is 0 Å². The summed E-state index contributed by atoms with van der Waals surface area (Å²) in [7, 11) is 1.95. The molecule has 0 spiro atoms. The largest absolute Gasteiger partial charge is 0.344 e.